The topological polar surface area (TPSA) is 103 Å². The summed E-state index contributed by atoms with van der Waals surface area (Å²) in [6, 6.07) is 6.10. The number of hydrogen-bond donors (Lipinski definition) is 2. The number of morpholine rings is 1. The number of piperidine rings is 1. The Morgan fingerprint density at radius 2 is 1.79 bits per heavy atom. The standard InChI is InChI=1S/C28H38N8O2/c1-20(37)24-17-22-18-29-28(33-26(22)27(31-24)36-8-3-2-4-9-36)32-25-6-5-21-19-35(10-7-23(21)30-25)12-11-34-13-15-38-16-14-34/h5-6,17-18,20,37H,2-4,7-16,19H2,1H3,(H,29,30,32,33)/t20-/m1/s1. The van der Waals surface area contributed by atoms with E-state index in [9.17, 15) is 5.11 Å². The fourth-order valence-electron chi connectivity index (χ4n) is 5.60. The summed E-state index contributed by atoms with van der Waals surface area (Å²) in [5, 5.41) is 14.4. The van der Waals surface area contributed by atoms with Crippen LogP contribution in [0.4, 0.5) is 17.6 Å². The second-order valence-electron chi connectivity index (χ2n) is 10.6. The molecule has 10 nitrogen and oxygen atoms in total. The van der Waals surface area contributed by atoms with Crippen molar-refractivity contribution in [1.29, 1.82) is 0 Å². The second-order valence-corrected chi connectivity index (χ2v) is 10.6. The van der Waals surface area contributed by atoms with E-state index < -0.39 is 6.10 Å². The number of hydrogen-bond acceptors (Lipinski definition) is 10. The fourth-order valence-corrected chi connectivity index (χ4v) is 5.60. The Balaban J connectivity index is 1.17. The number of aromatic nitrogens is 4. The van der Waals surface area contributed by atoms with Crippen LogP contribution in [-0.2, 0) is 17.7 Å². The SMILES string of the molecule is C[C@@H](O)c1cc2cnc(Nc3ccc4c(n3)CCN(CCN3CCOCC3)C4)nc2c(N2CCCCC2)n1. The zero-order chi connectivity index (χ0) is 25.9. The van der Waals surface area contributed by atoms with Crippen LogP contribution in [-0.4, -0.2) is 93.9 Å². The second kappa shape index (κ2) is 11.4. The maximum absolute atomic E-state index is 10.2. The van der Waals surface area contributed by atoms with Gasteiger partial charge in [0.15, 0.2) is 5.82 Å². The highest BCUT2D eigenvalue weighted by molar-refractivity contribution is 5.89. The molecule has 0 spiro atoms. The van der Waals surface area contributed by atoms with Crippen molar-refractivity contribution >= 4 is 28.5 Å². The molecule has 2 saturated heterocycles. The molecule has 0 amide bonds. The van der Waals surface area contributed by atoms with Gasteiger partial charge >= 0.3 is 0 Å². The number of rotatable bonds is 7. The zero-order valence-corrected chi connectivity index (χ0v) is 22.3. The lowest BCUT2D eigenvalue weighted by atomic mass is 10.1. The molecule has 3 aromatic heterocycles. The van der Waals surface area contributed by atoms with E-state index in [1.807, 2.05) is 18.3 Å². The van der Waals surface area contributed by atoms with Crippen LogP contribution in [0.25, 0.3) is 10.9 Å². The first kappa shape index (κ1) is 25.4. The Morgan fingerprint density at radius 3 is 2.61 bits per heavy atom. The summed E-state index contributed by atoms with van der Waals surface area (Å²) in [6.45, 7) is 11.6. The number of fused-ring (bicyclic) bond motifs is 2. The third-order valence-electron chi connectivity index (χ3n) is 7.85. The third-order valence-corrected chi connectivity index (χ3v) is 7.85. The monoisotopic (exact) mass is 518 g/mol. The van der Waals surface area contributed by atoms with Gasteiger partial charge in [-0.05, 0) is 43.9 Å². The molecule has 6 rings (SSSR count). The number of ether oxygens (including phenoxy) is 1. The zero-order valence-electron chi connectivity index (χ0n) is 22.3. The van der Waals surface area contributed by atoms with E-state index in [0.29, 0.717) is 11.6 Å². The van der Waals surface area contributed by atoms with Crippen LogP contribution in [0.3, 0.4) is 0 Å². The molecule has 2 N–H and O–H groups in total. The minimum absolute atomic E-state index is 0.512. The molecule has 3 aliphatic rings. The van der Waals surface area contributed by atoms with Crippen LogP contribution < -0.4 is 10.2 Å². The highest BCUT2D eigenvalue weighted by Gasteiger charge is 2.21. The molecule has 0 aliphatic carbocycles. The molecule has 6 heterocycles. The van der Waals surface area contributed by atoms with Crippen molar-refractivity contribution in [1.82, 2.24) is 29.7 Å². The van der Waals surface area contributed by atoms with Gasteiger partial charge in [0.1, 0.15) is 11.3 Å². The van der Waals surface area contributed by atoms with E-state index in [0.717, 1.165) is 113 Å². The molecule has 0 aromatic carbocycles. The molecule has 2 fully saturated rings. The van der Waals surface area contributed by atoms with Crippen molar-refractivity contribution in [2.24, 2.45) is 0 Å². The molecular formula is C28H38N8O2. The Bertz CT molecular complexity index is 1260. The number of aliphatic hydroxyl groups is 1. The van der Waals surface area contributed by atoms with Gasteiger partial charge in [0.05, 0.1) is 25.0 Å². The highest BCUT2D eigenvalue weighted by atomic mass is 16.5. The molecule has 0 saturated carbocycles. The van der Waals surface area contributed by atoms with E-state index in [-0.39, 0.29) is 0 Å². The normalized spacial score (nSPS) is 19.9. The first-order chi connectivity index (χ1) is 18.6. The van der Waals surface area contributed by atoms with Gasteiger partial charge in [0, 0.05) is 76.1 Å². The van der Waals surface area contributed by atoms with Crippen molar-refractivity contribution in [3.8, 4) is 0 Å². The lowest BCUT2D eigenvalue weighted by Gasteiger charge is -2.32. The molecule has 10 heteroatoms. The van der Waals surface area contributed by atoms with Crippen LogP contribution in [0.5, 0.6) is 0 Å². The number of anilines is 3. The Hall–Kier alpha value is -2.92. The summed E-state index contributed by atoms with van der Waals surface area (Å²) >= 11 is 0. The van der Waals surface area contributed by atoms with Crippen molar-refractivity contribution in [2.45, 2.75) is 45.3 Å². The van der Waals surface area contributed by atoms with Crippen molar-refractivity contribution < 1.29 is 9.84 Å². The first-order valence-corrected chi connectivity index (χ1v) is 14.0. The summed E-state index contributed by atoms with van der Waals surface area (Å²) in [6.07, 6.45) is 5.63. The Morgan fingerprint density at radius 1 is 0.974 bits per heavy atom. The number of nitrogens with one attached hydrogen (secondary N) is 1. The van der Waals surface area contributed by atoms with E-state index in [1.165, 1.54) is 12.0 Å². The summed E-state index contributed by atoms with van der Waals surface area (Å²) < 4.78 is 5.47. The average Bonchev–Trinajstić information content (AvgIpc) is 2.96. The van der Waals surface area contributed by atoms with Crippen molar-refractivity contribution in [2.75, 3.05) is 69.2 Å². The van der Waals surface area contributed by atoms with Crippen molar-refractivity contribution in [3.05, 3.63) is 41.3 Å². The van der Waals surface area contributed by atoms with Gasteiger partial charge < -0.3 is 20.1 Å². The predicted molar refractivity (Wildman–Crippen MR) is 148 cm³/mol. The van der Waals surface area contributed by atoms with Gasteiger partial charge in [-0.2, -0.15) is 0 Å². The maximum Gasteiger partial charge on any atom is 0.229 e. The van der Waals surface area contributed by atoms with Crippen LogP contribution in [0.2, 0.25) is 0 Å². The number of pyridine rings is 2. The van der Waals surface area contributed by atoms with E-state index in [1.54, 1.807) is 6.92 Å². The largest absolute Gasteiger partial charge is 0.387 e. The van der Waals surface area contributed by atoms with E-state index in [4.69, 9.17) is 19.7 Å². The van der Waals surface area contributed by atoms with Crippen LogP contribution in [0.1, 0.15) is 49.2 Å². The highest BCUT2D eigenvalue weighted by Crippen LogP contribution is 2.29. The van der Waals surface area contributed by atoms with Gasteiger partial charge in [-0.25, -0.2) is 19.9 Å². The van der Waals surface area contributed by atoms with Crippen molar-refractivity contribution in [3.63, 3.8) is 0 Å². The molecule has 38 heavy (non-hydrogen) atoms. The molecule has 0 bridgehead atoms. The molecule has 0 unspecified atom stereocenters. The first-order valence-electron chi connectivity index (χ1n) is 14.0. The van der Waals surface area contributed by atoms with E-state index in [2.05, 4.69) is 31.1 Å². The average molecular weight is 519 g/mol. The summed E-state index contributed by atoms with van der Waals surface area (Å²) in [5.74, 6) is 2.11. The molecule has 3 aromatic rings. The molecular weight excluding hydrogens is 480 g/mol. The van der Waals surface area contributed by atoms with Crippen LogP contribution in [0, 0.1) is 0 Å². The Kier molecular flexibility index (Phi) is 7.64. The van der Waals surface area contributed by atoms with Gasteiger partial charge in [0.2, 0.25) is 5.95 Å². The number of nitrogens with zero attached hydrogens (tertiary/aromatic N) is 7. The lowest BCUT2D eigenvalue weighted by molar-refractivity contribution is 0.0326. The third kappa shape index (κ3) is 5.73. The van der Waals surface area contributed by atoms with Crippen LogP contribution in [0.15, 0.2) is 24.4 Å². The molecule has 202 valence electrons. The van der Waals surface area contributed by atoms with Gasteiger partial charge in [0.25, 0.3) is 0 Å². The maximum atomic E-state index is 10.2. The minimum Gasteiger partial charge on any atom is -0.387 e. The van der Waals surface area contributed by atoms with Gasteiger partial charge in [-0.3, -0.25) is 9.80 Å². The predicted octanol–water partition coefficient (Wildman–Crippen LogP) is 2.90. The van der Waals surface area contributed by atoms with Gasteiger partial charge in [-0.1, -0.05) is 6.07 Å². The summed E-state index contributed by atoms with van der Waals surface area (Å²) in [5.41, 5.74) is 3.90. The number of aliphatic hydroxyl groups excluding tert-OH is 1. The smallest absolute Gasteiger partial charge is 0.229 e. The molecule has 1 atom stereocenters. The lowest BCUT2D eigenvalue weighted by Crippen LogP contribution is -2.42. The quantitative estimate of drug-likeness (QED) is 0.485. The fraction of sp³-hybridized carbons (Fsp3) is 0.571. The molecule has 0 radical (unpaired) electrons. The summed E-state index contributed by atoms with van der Waals surface area (Å²) in [4.78, 5) is 26.5. The molecule has 3 aliphatic heterocycles. The Labute approximate surface area is 224 Å². The minimum atomic E-state index is -0.643. The summed E-state index contributed by atoms with van der Waals surface area (Å²) in [7, 11) is 0. The van der Waals surface area contributed by atoms with Gasteiger partial charge in [-0.15, -0.1) is 0 Å². The van der Waals surface area contributed by atoms with E-state index >= 15 is 0 Å². The van der Waals surface area contributed by atoms with Crippen LogP contribution >= 0.6 is 0 Å².